The van der Waals surface area contributed by atoms with E-state index in [9.17, 15) is 4.79 Å². The standard InChI is InChI=1S/C17H18ClN7O2/c18-10-7-22-16-14(15(19)24-25(16)9-10)17(26)23-12-8-21-6-3-13(12)27-11-1-4-20-5-2-11/h3,6-9,11,20H,1-2,4-5H2,(H2,19,24)(H,23,26). The molecule has 27 heavy (non-hydrogen) atoms. The Kier molecular flexibility index (Phi) is 4.78. The lowest BCUT2D eigenvalue weighted by molar-refractivity contribution is 0.102. The normalized spacial score (nSPS) is 15.0. The number of nitrogens with one attached hydrogen (secondary N) is 2. The van der Waals surface area contributed by atoms with Crippen molar-refractivity contribution in [2.45, 2.75) is 18.9 Å². The summed E-state index contributed by atoms with van der Waals surface area (Å²) in [6.07, 6.45) is 8.04. The largest absolute Gasteiger partial charge is 0.488 e. The zero-order valence-electron chi connectivity index (χ0n) is 14.4. The highest BCUT2D eigenvalue weighted by Crippen LogP contribution is 2.27. The third-order valence-corrected chi connectivity index (χ3v) is 4.50. The minimum atomic E-state index is -0.444. The lowest BCUT2D eigenvalue weighted by atomic mass is 10.1. The molecule has 4 N–H and O–H groups in total. The van der Waals surface area contributed by atoms with Crippen molar-refractivity contribution in [2.75, 3.05) is 24.1 Å². The van der Waals surface area contributed by atoms with Crippen LogP contribution >= 0.6 is 11.6 Å². The molecule has 4 heterocycles. The van der Waals surface area contributed by atoms with Gasteiger partial charge >= 0.3 is 0 Å². The van der Waals surface area contributed by atoms with Crippen LogP contribution < -0.4 is 21.1 Å². The van der Waals surface area contributed by atoms with E-state index in [2.05, 4.69) is 25.7 Å². The van der Waals surface area contributed by atoms with Crippen molar-refractivity contribution in [3.63, 3.8) is 0 Å². The van der Waals surface area contributed by atoms with E-state index in [0.717, 1.165) is 25.9 Å². The maximum Gasteiger partial charge on any atom is 0.263 e. The Morgan fingerprint density at radius 3 is 3.00 bits per heavy atom. The molecule has 1 saturated heterocycles. The molecule has 0 spiro atoms. The van der Waals surface area contributed by atoms with Gasteiger partial charge in [0, 0.05) is 18.5 Å². The number of nitrogens with two attached hydrogens (primary N) is 1. The van der Waals surface area contributed by atoms with Crippen molar-refractivity contribution in [1.29, 1.82) is 0 Å². The van der Waals surface area contributed by atoms with Crippen LogP contribution in [0.15, 0.2) is 30.9 Å². The average Bonchev–Trinajstić information content (AvgIpc) is 2.99. The summed E-state index contributed by atoms with van der Waals surface area (Å²) >= 11 is 5.91. The summed E-state index contributed by atoms with van der Waals surface area (Å²) in [5, 5.41) is 10.6. The molecule has 0 radical (unpaired) electrons. The Balaban J connectivity index is 1.59. The molecule has 0 bridgehead atoms. The third kappa shape index (κ3) is 3.64. The fraction of sp³-hybridized carbons (Fsp3) is 0.294. The molecular weight excluding hydrogens is 370 g/mol. The van der Waals surface area contributed by atoms with Gasteiger partial charge in [0.25, 0.3) is 5.91 Å². The average molecular weight is 388 g/mol. The molecule has 0 atom stereocenters. The Hall–Kier alpha value is -2.91. The zero-order valence-corrected chi connectivity index (χ0v) is 15.1. The van der Waals surface area contributed by atoms with Crippen molar-refractivity contribution in [2.24, 2.45) is 0 Å². The van der Waals surface area contributed by atoms with Crippen LogP contribution in [0.25, 0.3) is 5.65 Å². The highest BCUT2D eigenvalue weighted by Gasteiger charge is 2.22. The molecule has 0 saturated carbocycles. The molecule has 1 aliphatic rings. The van der Waals surface area contributed by atoms with E-state index < -0.39 is 5.91 Å². The van der Waals surface area contributed by atoms with Gasteiger partial charge in [0.05, 0.1) is 17.4 Å². The molecule has 10 heteroatoms. The van der Waals surface area contributed by atoms with E-state index in [4.69, 9.17) is 22.1 Å². The number of pyridine rings is 1. The summed E-state index contributed by atoms with van der Waals surface area (Å²) in [6.45, 7) is 1.81. The first-order valence-electron chi connectivity index (χ1n) is 8.54. The van der Waals surface area contributed by atoms with Crippen LogP contribution in [-0.4, -0.2) is 44.7 Å². The second-order valence-electron chi connectivity index (χ2n) is 6.19. The number of aromatic nitrogens is 4. The molecule has 3 aromatic rings. The number of nitrogens with zero attached hydrogens (tertiary/aromatic N) is 4. The van der Waals surface area contributed by atoms with Crippen LogP contribution in [0.5, 0.6) is 5.75 Å². The Morgan fingerprint density at radius 2 is 2.19 bits per heavy atom. The van der Waals surface area contributed by atoms with E-state index >= 15 is 0 Å². The van der Waals surface area contributed by atoms with Gasteiger partial charge < -0.3 is 21.1 Å². The van der Waals surface area contributed by atoms with Gasteiger partial charge in [-0.3, -0.25) is 9.78 Å². The van der Waals surface area contributed by atoms with Crippen LogP contribution in [0.4, 0.5) is 11.5 Å². The molecular formula is C17H18ClN7O2. The smallest absolute Gasteiger partial charge is 0.263 e. The van der Waals surface area contributed by atoms with E-state index in [1.807, 2.05) is 0 Å². The van der Waals surface area contributed by atoms with Crippen LogP contribution in [0.3, 0.4) is 0 Å². The SMILES string of the molecule is Nc1nn2cc(Cl)cnc2c1C(=O)Nc1cnccc1OC1CCNCC1. The molecule has 0 unspecified atom stereocenters. The minimum Gasteiger partial charge on any atom is -0.488 e. The summed E-state index contributed by atoms with van der Waals surface area (Å²) in [5.74, 6) is 0.184. The number of amides is 1. The first kappa shape index (κ1) is 17.5. The highest BCUT2D eigenvalue weighted by atomic mass is 35.5. The molecule has 3 aromatic heterocycles. The molecule has 9 nitrogen and oxygen atoms in total. The lowest BCUT2D eigenvalue weighted by Crippen LogP contribution is -2.34. The number of ether oxygens (including phenoxy) is 1. The van der Waals surface area contributed by atoms with E-state index in [0.29, 0.717) is 22.1 Å². The summed E-state index contributed by atoms with van der Waals surface area (Å²) in [6, 6.07) is 1.73. The third-order valence-electron chi connectivity index (χ3n) is 4.30. The van der Waals surface area contributed by atoms with Crippen LogP contribution in [0.2, 0.25) is 5.02 Å². The fourth-order valence-electron chi connectivity index (χ4n) is 3.00. The second kappa shape index (κ2) is 7.37. The van der Waals surface area contributed by atoms with Crippen molar-refractivity contribution >= 4 is 34.7 Å². The van der Waals surface area contributed by atoms with Gasteiger partial charge in [-0.1, -0.05) is 11.6 Å². The van der Waals surface area contributed by atoms with Gasteiger partial charge in [-0.2, -0.15) is 0 Å². The van der Waals surface area contributed by atoms with Gasteiger partial charge in [0.1, 0.15) is 23.1 Å². The number of carbonyl (C=O) groups is 1. The van der Waals surface area contributed by atoms with Gasteiger partial charge in [0.15, 0.2) is 11.5 Å². The lowest BCUT2D eigenvalue weighted by Gasteiger charge is -2.24. The first-order valence-corrected chi connectivity index (χ1v) is 8.91. The Labute approximate surface area is 159 Å². The van der Waals surface area contributed by atoms with Gasteiger partial charge in [0.2, 0.25) is 0 Å². The predicted octanol–water partition coefficient (Wildman–Crippen LogP) is 1.74. The van der Waals surface area contributed by atoms with E-state index in [-0.39, 0.29) is 17.5 Å². The number of nitrogen functional groups attached to an aromatic ring is 1. The number of fused-ring (bicyclic) bond motifs is 1. The summed E-state index contributed by atoms with van der Waals surface area (Å²) in [5.41, 5.74) is 6.87. The molecule has 0 aromatic carbocycles. The number of hydrogen-bond acceptors (Lipinski definition) is 7. The molecule has 4 rings (SSSR count). The highest BCUT2D eigenvalue weighted by molar-refractivity contribution is 6.30. The van der Waals surface area contributed by atoms with E-state index in [1.165, 1.54) is 16.9 Å². The van der Waals surface area contributed by atoms with Crippen LogP contribution in [0, 0.1) is 0 Å². The maximum absolute atomic E-state index is 12.8. The predicted molar refractivity (Wildman–Crippen MR) is 101 cm³/mol. The van der Waals surface area contributed by atoms with Crippen LogP contribution in [0.1, 0.15) is 23.2 Å². The van der Waals surface area contributed by atoms with Gasteiger partial charge in [-0.15, -0.1) is 5.10 Å². The number of halogens is 1. The number of anilines is 2. The quantitative estimate of drug-likeness (QED) is 0.623. The fourth-order valence-corrected chi connectivity index (χ4v) is 3.14. The maximum atomic E-state index is 12.8. The number of rotatable bonds is 4. The van der Waals surface area contributed by atoms with Gasteiger partial charge in [-0.25, -0.2) is 9.50 Å². The van der Waals surface area contributed by atoms with Crippen molar-refractivity contribution in [3.8, 4) is 5.75 Å². The summed E-state index contributed by atoms with van der Waals surface area (Å²) in [4.78, 5) is 21.1. The Morgan fingerprint density at radius 1 is 1.37 bits per heavy atom. The number of carbonyl (C=O) groups excluding carboxylic acids is 1. The van der Waals surface area contributed by atoms with Gasteiger partial charge in [-0.05, 0) is 25.9 Å². The van der Waals surface area contributed by atoms with Crippen molar-refractivity contribution < 1.29 is 9.53 Å². The first-order chi connectivity index (χ1) is 13.1. The summed E-state index contributed by atoms with van der Waals surface area (Å²) < 4.78 is 7.44. The molecule has 0 aliphatic carbocycles. The molecule has 1 amide bonds. The van der Waals surface area contributed by atoms with Crippen molar-refractivity contribution in [3.05, 3.63) is 41.4 Å². The monoisotopic (exact) mass is 387 g/mol. The van der Waals surface area contributed by atoms with E-state index in [1.54, 1.807) is 18.5 Å². The molecule has 1 aliphatic heterocycles. The minimum absolute atomic E-state index is 0.0620. The summed E-state index contributed by atoms with van der Waals surface area (Å²) in [7, 11) is 0. The second-order valence-corrected chi connectivity index (χ2v) is 6.63. The number of hydrogen-bond donors (Lipinski definition) is 3. The molecule has 140 valence electrons. The molecule has 1 fully saturated rings. The van der Waals surface area contributed by atoms with Crippen molar-refractivity contribution in [1.82, 2.24) is 24.9 Å². The topological polar surface area (TPSA) is 119 Å². The zero-order chi connectivity index (χ0) is 18.8. The number of piperidine rings is 1. The Bertz CT molecular complexity index is 985. The van der Waals surface area contributed by atoms with Crippen LogP contribution in [-0.2, 0) is 0 Å².